The van der Waals surface area contributed by atoms with Crippen molar-refractivity contribution in [1.29, 1.82) is 0 Å². The molecular formula is C24H31ClN4O4. The van der Waals surface area contributed by atoms with Crippen LogP contribution >= 0.6 is 11.6 Å². The standard InChI is InChI=1S/C24H31ClN4O4/c1-15(2)21(30)27-9-11-28(12-10-27)22(31)17-5-3-16(4-6-17)14-29-23(32)19-8-7-18(25)13-20(19)26-24(29)33/h7-8,13,15-17H,3-6,9-12,14H2,1-2H3,(H,26,33). The molecule has 2 amide bonds. The third kappa shape index (κ3) is 5.00. The highest BCUT2D eigenvalue weighted by molar-refractivity contribution is 6.31. The van der Waals surface area contributed by atoms with Gasteiger partial charge in [-0.25, -0.2) is 4.79 Å². The minimum absolute atomic E-state index is 0.0253. The topological polar surface area (TPSA) is 95.5 Å². The van der Waals surface area contributed by atoms with Gasteiger partial charge in [-0.3, -0.25) is 19.0 Å². The number of aromatic nitrogens is 2. The number of benzene rings is 1. The Morgan fingerprint density at radius 3 is 2.30 bits per heavy atom. The van der Waals surface area contributed by atoms with Gasteiger partial charge in [0.05, 0.1) is 10.9 Å². The molecule has 2 heterocycles. The first-order valence-electron chi connectivity index (χ1n) is 11.7. The van der Waals surface area contributed by atoms with Crippen molar-refractivity contribution in [3.05, 3.63) is 44.1 Å². The molecule has 9 heteroatoms. The molecule has 0 unspecified atom stereocenters. The Labute approximate surface area is 197 Å². The van der Waals surface area contributed by atoms with Gasteiger partial charge in [0.1, 0.15) is 0 Å². The zero-order valence-electron chi connectivity index (χ0n) is 19.2. The second kappa shape index (κ2) is 9.71. The predicted molar refractivity (Wildman–Crippen MR) is 127 cm³/mol. The molecule has 0 bridgehead atoms. The molecule has 1 saturated heterocycles. The molecule has 8 nitrogen and oxygen atoms in total. The minimum atomic E-state index is -0.429. The third-order valence-corrected chi connectivity index (χ3v) is 7.21. The van der Waals surface area contributed by atoms with Gasteiger partial charge in [-0.1, -0.05) is 25.4 Å². The van der Waals surface area contributed by atoms with Crippen molar-refractivity contribution in [3.63, 3.8) is 0 Å². The van der Waals surface area contributed by atoms with Crippen LogP contribution in [0.1, 0.15) is 39.5 Å². The summed E-state index contributed by atoms with van der Waals surface area (Å²) in [7, 11) is 0. The van der Waals surface area contributed by atoms with Crippen LogP contribution in [0.25, 0.3) is 10.9 Å². The van der Waals surface area contributed by atoms with Gasteiger partial charge in [0.2, 0.25) is 11.8 Å². The second-order valence-electron chi connectivity index (χ2n) is 9.56. The molecule has 1 aromatic carbocycles. The van der Waals surface area contributed by atoms with Gasteiger partial charge in [-0.05, 0) is 49.8 Å². The molecule has 33 heavy (non-hydrogen) atoms. The maximum atomic E-state index is 13.0. The SMILES string of the molecule is CC(C)C(=O)N1CCN(C(=O)C2CCC(Cn3c(=O)[nH]c4cc(Cl)ccc4c3=O)CC2)CC1. The normalized spacial score (nSPS) is 21.6. The average molecular weight is 475 g/mol. The number of rotatable bonds is 4. The highest BCUT2D eigenvalue weighted by Gasteiger charge is 2.32. The van der Waals surface area contributed by atoms with Gasteiger partial charge in [0, 0.05) is 49.6 Å². The molecule has 1 aromatic heterocycles. The summed E-state index contributed by atoms with van der Waals surface area (Å²) in [6.07, 6.45) is 3.11. The first kappa shape index (κ1) is 23.5. The Morgan fingerprint density at radius 2 is 1.67 bits per heavy atom. The number of nitrogens with one attached hydrogen (secondary N) is 1. The van der Waals surface area contributed by atoms with E-state index in [0.29, 0.717) is 48.6 Å². The number of hydrogen-bond donors (Lipinski definition) is 1. The van der Waals surface area contributed by atoms with Gasteiger partial charge >= 0.3 is 5.69 Å². The molecule has 1 saturated carbocycles. The lowest BCUT2D eigenvalue weighted by Gasteiger charge is -2.38. The maximum Gasteiger partial charge on any atom is 0.328 e. The van der Waals surface area contributed by atoms with E-state index in [9.17, 15) is 19.2 Å². The summed E-state index contributed by atoms with van der Waals surface area (Å²) in [5, 5.41) is 0.907. The Hall–Kier alpha value is -2.61. The zero-order chi connectivity index (χ0) is 23.7. The summed E-state index contributed by atoms with van der Waals surface area (Å²) in [6, 6.07) is 4.86. The minimum Gasteiger partial charge on any atom is -0.339 e. The molecule has 2 aromatic rings. The quantitative estimate of drug-likeness (QED) is 0.736. The van der Waals surface area contributed by atoms with E-state index < -0.39 is 5.69 Å². The van der Waals surface area contributed by atoms with Crippen LogP contribution in [0.3, 0.4) is 0 Å². The number of aromatic amines is 1. The van der Waals surface area contributed by atoms with Gasteiger partial charge < -0.3 is 14.8 Å². The Bertz CT molecular complexity index is 1160. The van der Waals surface area contributed by atoms with Crippen LogP contribution in [0.4, 0.5) is 0 Å². The van der Waals surface area contributed by atoms with Gasteiger partial charge in [0.15, 0.2) is 0 Å². The lowest BCUT2D eigenvalue weighted by Crippen LogP contribution is -2.53. The van der Waals surface area contributed by atoms with E-state index in [4.69, 9.17) is 11.6 Å². The summed E-state index contributed by atoms with van der Waals surface area (Å²) < 4.78 is 1.27. The van der Waals surface area contributed by atoms with E-state index in [1.165, 1.54) is 4.57 Å². The molecular weight excluding hydrogens is 444 g/mol. The number of carbonyl (C=O) groups is 2. The molecule has 1 N–H and O–H groups in total. The van der Waals surface area contributed by atoms with E-state index in [-0.39, 0.29) is 35.1 Å². The average Bonchev–Trinajstić information content (AvgIpc) is 2.81. The molecule has 178 valence electrons. The number of amides is 2. The van der Waals surface area contributed by atoms with Crippen LogP contribution in [-0.2, 0) is 16.1 Å². The van der Waals surface area contributed by atoms with E-state index in [1.807, 2.05) is 23.6 Å². The second-order valence-corrected chi connectivity index (χ2v) is 10.00. The van der Waals surface area contributed by atoms with Crippen LogP contribution in [-0.4, -0.2) is 57.3 Å². The summed E-state index contributed by atoms with van der Waals surface area (Å²) >= 11 is 5.97. The highest BCUT2D eigenvalue weighted by Crippen LogP contribution is 2.31. The number of halogens is 1. The first-order valence-corrected chi connectivity index (χ1v) is 12.1. The van der Waals surface area contributed by atoms with Gasteiger partial charge in [-0.15, -0.1) is 0 Å². The molecule has 1 aliphatic carbocycles. The molecule has 0 atom stereocenters. The smallest absolute Gasteiger partial charge is 0.328 e. The predicted octanol–water partition coefficient (Wildman–Crippen LogP) is 2.48. The Kier molecular flexibility index (Phi) is 6.93. The molecule has 2 aliphatic rings. The van der Waals surface area contributed by atoms with Crippen molar-refractivity contribution in [3.8, 4) is 0 Å². The van der Waals surface area contributed by atoms with E-state index in [0.717, 1.165) is 25.7 Å². The first-order chi connectivity index (χ1) is 15.7. The summed E-state index contributed by atoms with van der Waals surface area (Å²) in [6.45, 7) is 6.51. The number of nitrogens with zero attached hydrogens (tertiary/aromatic N) is 3. The Balaban J connectivity index is 1.34. The van der Waals surface area contributed by atoms with Crippen molar-refractivity contribution in [2.24, 2.45) is 17.8 Å². The van der Waals surface area contributed by atoms with E-state index >= 15 is 0 Å². The summed E-state index contributed by atoms with van der Waals surface area (Å²) in [5.74, 6) is 0.440. The number of fused-ring (bicyclic) bond motifs is 1. The van der Waals surface area contributed by atoms with Crippen LogP contribution in [0, 0.1) is 17.8 Å². The summed E-state index contributed by atoms with van der Waals surface area (Å²) in [5.41, 5.74) is -0.294. The van der Waals surface area contributed by atoms with Crippen LogP contribution < -0.4 is 11.2 Å². The monoisotopic (exact) mass is 474 g/mol. The molecule has 0 spiro atoms. The number of H-pyrrole nitrogens is 1. The van der Waals surface area contributed by atoms with Gasteiger partial charge in [0.25, 0.3) is 5.56 Å². The van der Waals surface area contributed by atoms with Crippen LogP contribution in [0.2, 0.25) is 5.02 Å². The number of piperazine rings is 1. The third-order valence-electron chi connectivity index (χ3n) is 6.98. The summed E-state index contributed by atoms with van der Waals surface area (Å²) in [4.78, 5) is 57.0. The van der Waals surface area contributed by atoms with Crippen molar-refractivity contribution in [2.75, 3.05) is 26.2 Å². The maximum absolute atomic E-state index is 13.0. The van der Waals surface area contributed by atoms with Crippen LogP contribution in [0.15, 0.2) is 27.8 Å². The largest absolute Gasteiger partial charge is 0.339 e. The van der Waals surface area contributed by atoms with Crippen molar-refractivity contribution in [1.82, 2.24) is 19.4 Å². The molecule has 4 rings (SSSR count). The fourth-order valence-corrected chi connectivity index (χ4v) is 5.19. The molecule has 0 radical (unpaired) electrons. The van der Waals surface area contributed by atoms with Crippen molar-refractivity contribution < 1.29 is 9.59 Å². The van der Waals surface area contributed by atoms with Crippen molar-refractivity contribution in [2.45, 2.75) is 46.1 Å². The highest BCUT2D eigenvalue weighted by atomic mass is 35.5. The van der Waals surface area contributed by atoms with E-state index in [2.05, 4.69) is 4.98 Å². The molecule has 2 fully saturated rings. The van der Waals surface area contributed by atoms with Crippen molar-refractivity contribution >= 4 is 34.3 Å². The van der Waals surface area contributed by atoms with Crippen LogP contribution in [0.5, 0.6) is 0 Å². The lowest BCUT2D eigenvalue weighted by molar-refractivity contribution is -0.144. The zero-order valence-corrected chi connectivity index (χ0v) is 19.9. The lowest BCUT2D eigenvalue weighted by atomic mass is 9.81. The van der Waals surface area contributed by atoms with E-state index in [1.54, 1.807) is 18.2 Å². The Morgan fingerprint density at radius 1 is 1.03 bits per heavy atom. The number of hydrogen-bond acceptors (Lipinski definition) is 4. The number of carbonyl (C=O) groups excluding carboxylic acids is 2. The van der Waals surface area contributed by atoms with Gasteiger partial charge in [-0.2, -0.15) is 0 Å². The fourth-order valence-electron chi connectivity index (χ4n) is 5.01. The molecule has 1 aliphatic heterocycles. The fraction of sp³-hybridized carbons (Fsp3) is 0.583.